The van der Waals surface area contributed by atoms with Crippen molar-refractivity contribution >= 4 is 0 Å². The molecule has 24 heavy (non-hydrogen) atoms. The molecule has 1 unspecified atom stereocenters. The van der Waals surface area contributed by atoms with Gasteiger partial charge in [-0.15, -0.1) is 0 Å². The number of piperazine rings is 1. The van der Waals surface area contributed by atoms with E-state index in [0.717, 1.165) is 56.2 Å². The van der Waals surface area contributed by atoms with Crippen molar-refractivity contribution in [3.63, 3.8) is 0 Å². The van der Waals surface area contributed by atoms with Gasteiger partial charge in [0, 0.05) is 50.9 Å². The smallest absolute Gasteiger partial charge is 0.165 e. The molecule has 1 aromatic carbocycles. The van der Waals surface area contributed by atoms with E-state index in [1.807, 2.05) is 12.1 Å². The van der Waals surface area contributed by atoms with Crippen LogP contribution in [0.3, 0.4) is 0 Å². The Kier molecular flexibility index (Phi) is 7.34. The van der Waals surface area contributed by atoms with Gasteiger partial charge in [-0.25, -0.2) is 0 Å². The lowest BCUT2D eigenvalue weighted by Crippen LogP contribution is -2.53. The number of ether oxygens (including phenoxy) is 2. The van der Waals surface area contributed by atoms with Crippen molar-refractivity contribution in [1.82, 2.24) is 9.80 Å². The first-order valence-corrected chi connectivity index (χ1v) is 8.86. The summed E-state index contributed by atoms with van der Waals surface area (Å²) in [6.07, 6.45) is 0.832. The van der Waals surface area contributed by atoms with Gasteiger partial charge in [-0.1, -0.05) is 26.0 Å². The number of hydrogen-bond donors (Lipinski definition) is 1. The predicted molar refractivity (Wildman–Crippen MR) is 96.7 cm³/mol. The van der Waals surface area contributed by atoms with Gasteiger partial charge in [-0.3, -0.25) is 9.80 Å². The third-order valence-corrected chi connectivity index (χ3v) is 4.63. The first kappa shape index (κ1) is 19.0. The molecular formula is C19H32N2O3. The van der Waals surface area contributed by atoms with E-state index < -0.39 is 0 Å². The molecule has 1 atom stereocenters. The van der Waals surface area contributed by atoms with Crippen molar-refractivity contribution in [3.05, 3.63) is 23.8 Å². The Morgan fingerprint density at radius 2 is 2.00 bits per heavy atom. The number of para-hydroxylation sites is 1. The third kappa shape index (κ3) is 4.85. The van der Waals surface area contributed by atoms with Crippen LogP contribution >= 0.6 is 0 Å². The predicted octanol–water partition coefficient (Wildman–Crippen LogP) is 2.23. The molecule has 1 heterocycles. The fourth-order valence-electron chi connectivity index (χ4n) is 3.55. The number of rotatable bonds is 8. The van der Waals surface area contributed by atoms with Crippen molar-refractivity contribution in [1.29, 1.82) is 0 Å². The molecule has 5 nitrogen and oxygen atoms in total. The molecule has 1 N–H and O–H groups in total. The topological polar surface area (TPSA) is 45.2 Å². The minimum absolute atomic E-state index is 0.246. The number of aliphatic hydroxyl groups excluding tert-OH is 1. The molecule has 0 spiro atoms. The van der Waals surface area contributed by atoms with Gasteiger partial charge in [-0.2, -0.15) is 0 Å². The Hall–Kier alpha value is -1.30. The van der Waals surface area contributed by atoms with Crippen LogP contribution in [0.5, 0.6) is 11.5 Å². The highest BCUT2D eigenvalue weighted by atomic mass is 16.5. The Bertz CT molecular complexity index is 507. The van der Waals surface area contributed by atoms with Crippen molar-refractivity contribution in [2.75, 3.05) is 47.0 Å². The van der Waals surface area contributed by atoms with E-state index in [0.29, 0.717) is 12.0 Å². The maximum absolute atomic E-state index is 9.42. The largest absolute Gasteiger partial charge is 0.493 e. The highest BCUT2D eigenvalue weighted by Crippen LogP contribution is 2.32. The van der Waals surface area contributed by atoms with Crippen molar-refractivity contribution in [2.24, 2.45) is 5.92 Å². The first-order chi connectivity index (χ1) is 11.6. The lowest BCUT2D eigenvalue weighted by molar-refractivity contribution is 0.0473. The van der Waals surface area contributed by atoms with Crippen molar-refractivity contribution in [3.8, 4) is 11.5 Å². The second-order valence-electron chi connectivity index (χ2n) is 6.94. The highest BCUT2D eigenvalue weighted by Gasteiger charge is 2.27. The number of hydrogen-bond acceptors (Lipinski definition) is 5. The molecule has 1 saturated heterocycles. The number of benzene rings is 1. The van der Waals surface area contributed by atoms with E-state index in [-0.39, 0.29) is 6.61 Å². The zero-order valence-corrected chi connectivity index (χ0v) is 15.5. The number of aliphatic hydroxyl groups is 1. The molecule has 1 aromatic rings. The molecule has 0 amide bonds. The Balaban J connectivity index is 2.06. The Morgan fingerprint density at radius 3 is 2.62 bits per heavy atom. The fraction of sp³-hybridized carbons (Fsp3) is 0.684. The number of nitrogens with zero attached hydrogens (tertiary/aromatic N) is 2. The van der Waals surface area contributed by atoms with Gasteiger partial charge in [0.05, 0.1) is 14.2 Å². The summed E-state index contributed by atoms with van der Waals surface area (Å²) in [5.41, 5.74) is 1.15. The van der Waals surface area contributed by atoms with Crippen LogP contribution in [-0.2, 0) is 6.54 Å². The molecule has 136 valence electrons. The van der Waals surface area contributed by atoms with Gasteiger partial charge in [0.1, 0.15) is 0 Å². The van der Waals surface area contributed by atoms with Gasteiger partial charge >= 0.3 is 0 Å². The molecular weight excluding hydrogens is 304 g/mol. The Morgan fingerprint density at radius 1 is 1.21 bits per heavy atom. The molecule has 1 aliphatic heterocycles. The summed E-state index contributed by atoms with van der Waals surface area (Å²) in [6, 6.07) is 6.46. The molecule has 5 heteroatoms. The summed E-state index contributed by atoms with van der Waals surface area (Å²) in [4.78, 5) is 4.98. The van der Waals surface area contributed by atoms with Crippen LogP contribution in [0.1, 0.15) is 25.8 Å². The standard InChI is InChI=1S/C19H32N2O3/c1-15(2)12-21-10-9-20(14-17(21)8-11-22)13-16-6-5-7-18(23-3)19(16)24-4/h5-7,15,17,22H,8-14H2,1-4H3. The molecule has 2 rings (SSSR count). The molecule has 0 aliphatic carbocycles. The maximum Gasteiger partial charge on any atom is 0.165 e. The third-order valence-electron chi connectivity index (χ3n) is 4.63. The minimum Gasteiger partial charge on any atom is -0.493 e. The zero-order valence-electron chi connectivity index (χ0n) is 15.5. The van der Waals surface area contributed by atoms with Gasteiger partial charge in [0.25, 0.3) is 0 Å². The van der Waals surface area contributed by atoms with Crippen LogP contribution in [0, 0.1) is 5.92 Å². The van der Waals surface area contributed by atoms with E-state index in [9.17, 15) is 5.11 Å². The normalized spacial score (nSPS) is 19.7. The number of methoxy groups -OCH3 is 2. The second-order valence-corrected chi connectivity index (χ2v) is 6.94. The van der Waals surface area contributed by atoms with Crippen molar-refractivity contribution < 1.29 is 14.6 Å². The van der Waals surface area contributed by atoms with Gasteiger partial charge in [-0.05, 0) is 18.4 Å². The van der Waals surface area contributed by atoms with Crippen LogP contribution in [0.15, 0.2) is 18.2 Å². The van der Waals surface area contributed by atoms with Crippen LogP contribution < -0.4 is 9.47 Å². The Labute approximate surface area is 146 Å². The van der Waals surface area contributed by atoms with Crippen molar-refractivity contribution in [2.45, 2.75) is 32.9 Å². The zero-order chi connectivity index (χ0) is 17.5. The summed E-state index contributed by atoms with van der Waals surface area (Å²) >= 11 is 0. The minimum atomic E-state index is 0.246. The van der Waals surface area contributed by atoms with E-state index in [4.69, 9.17) is 9.47 Å². The van der Waals surface area contributed by atoms with Gasteiger partial charge in [0.15, 0.2) is 11.5 Å². The van der Waals surface area contributed by atoms with E-state index in [2.05, 4.69) is 29.7 Å². The van der Waals surface area contributed by atoms with E-state index in [1.54, 1.807) is 14.2 Å². The monoisotopic (exact) mass is 336 g/mol. The summed E-state index contributed by atoms with van der Waals surface area (Å²) in [5, 5.41) is 9.42. The fourth-order valence-corrected chi connectivity index (χ4v) is 3.55. The maximum atomic E-state index is 9.42. The quantitative estimate of drug-likeness (QED) is 0.789. The first-order valence-electron chi connectivity index (χ1n) is 8.86. The summed E-state index contributed by atoms with van der Waals surface area (Å²) in [7, 11) is 3.36. The summed E-state index contributed by atoms with van der Waals surface area (Å²) < 4.78 is 11.0. The van der Waals surface area contributed by atoms with Gasteiger partial charge < -0.3 is 14.6 Å². The van der Waals surface area contributed by atoms with Crippen LogP contribution in [0.2, 0.25) is 0 Å². The lowest BCUT2D eigenvalue weighted by Gasteiger charge is -2.42. The van der Waals surface area contributed by atoms with E-state index >= 15 is 0 Å². The van der Waals surface area contributed by atoms with Crippen LogP contribution in [-0.4, -0.2) is 68.0 Å². The van der Waals surface area contributed by atoms with Gasteiger partial charge in [0.2, 0.25) is 0 Å². The molecule has 0 saturated carbocycles. The molecule has 1 aliphatic rings. The highest BCUT2D eigenvalue weighted by molar-refractivity contribution is 5.46. The van der Waals surface area contributed by atoms with E-state index in [1.165, 1.54) is 0 Å². The molecule has 0 radical (unpaired) electrons. The summed E-state index contributed by atoms with van der Waals surface area (Å²) in [6.45, 7) is 9.76. The SMILES string of the molecule is COc1cccc(CN2CCN(CC(C)C)C(CCO)C2)c1OC. The second kappa shape index (κ2) is 9.25. The average molecular weight is 336 g/mol. The van der Waals surface area contributed by atoms with Crippen LogP contribution in [0.4, 0.5) is 0 Å². The lowest BCUT2D eigenvalue weighted by atomic mass is 10.0. The molecule has 1 fully saturated rings. The average Bonchev–Trinajstić information content (AvgIpc) is 2.56. The van der Waals surface area contributed by atoms with Crippen LogP contribution in [0.25, 0.3) is 0 Å². The molecule has 0 bridgehead atoms. The summed E-state index contributed by atoms with van der Waals surface area (Å²) in [5.74, 6) is 2.25. The molecule has 0 aromatic heterocycles.